The summed E-state index contributed by atoms with van der Waals surface area (Å²) >= 11 is 5.46. The first-order valence-electron chi connectivity index (χ1n) is 2.81. The van der Waals surface area contributed by atoms with Gasteiger partial charge >= 0.3 is 0 Å². The molecular weight excluding hydrogens is 122 g/mol. The fourth-order valence-corrected chi connectivity index (χ4v) is 0.495. The predicted octanol–water partition coefficient (Wildman–Crippen LogP) is 1.74. The van der Waals surface area contributed by atoms with Crippen molar-refractivity contribution in [2.45, 2.75) is 13.3 Å². The summed E-state index contributed by atoms with van der Waals surface area (Å²) in [5.41, 5.74) is 0. The molecular formula is C6H12ClN. The molecule has 0 saturated carbocycles. The first-order chi connectivity index (χ1) is 3.77. The molecule has 0 saturated heterocycles. The Labute approximate surface area is 55.7 Å². The SMILES string of the molecule is C=C(Cl)CNCCC. The van der Waals surface area contributed by atoms with Crippen molar-refractivity contribution in [3.8, 4) is 0 Å². The summed E-state index contributed by atoms with van der Waals surface area (Å²) in [4.78, 5) is 0. The van der Waals surface area contributed by atoms with Crippen LogP contribution in [0, 0.1) is 0 Å². The van der Waals surface area contributed by atoms with Crippen molar-refractivity contribution >= 4 is 11.6 Å². The number of nitrogens with one attached hydrogen (secondary N) is 1. The van der Waals surface area contributed by atoms with E-state index in [2.05, 4.69) is 18.8 Å². The molecule has 0 aromatic rings. The van der Waals surface area contributed by atoms with E-state index >= 15 is 0 Å². The minimum absolute atomic E-state index is 0.679. The van der Waals surface area contributed by atoms with E-state index in [9.17, 15) is 0 Å². The number of hydrogen-bond donors (Lipinski definition) is 1. The van der Waals surface area contributed by atoms with Gasteiger partial charge < -0.3 is 5.32 Å². The van der Waals surface area contributed by atoms with Gasteiger partial charge in [0.05, 0.1) is 0 Å². The van der Waals surface area contributed by atoms with Crippen molar-refractivity contribution in [1.82, 2.24) is 5.32 Å². The molecule has 0 radical (unpaired) electrons. The summed E-state index contributed by atoms with van der Waals surface area (Å²) in [5, 5.41) is 3.78. The zero-order valence-corrected chi connectivity index (χ0v) is 5.96. The standard InChI is InChI=1S/C6H12ClN/c1-3-4-8-5-6(2)7/h8H,2-5H2,1H3. The van der Waals surface area contributed by atoms with Crippen molar-refractivity contribution in [3.63, 3.8) is 0 Å². The van der Waals surface area contributed by atoms with Crippen molar-refractivity contribution < 1.29 is 0 Å². The Kier molecular flexibility index (Phi) is 5.13. The van der Waals surface area contributed by atoms with Crippen LogP contribution in [0.4, 0.5) is 0 Å². The molecule has 0 amide bonds. The fourth-order valence-electron chi connectivity index (χ4n) is 0.401. The Morgan fingerprint density at radius 3 is 2.75 bits per heavy atom. The molecule has 8 heavy (non-hydrogen) atoms. The van der Waals surface area contributed by atoms with Gasteiger partial charge in [-0.05, 0) is 13.0 Å². The highest BCUT2D eigenvalue weighted by Crippen LogP contribution is 1.91. The Balaban J connectivity index is 2.82. The Bertz CT molecular complexity index is 70.9. The van der Waals surface area contributed by atoms with Gasteiger partial charge in [-0.3, -0.25) is 0 Å². The average Bonchev–Trinajstić information content (AvgIpc) is 1.66. The highest BCUT2D eigenvalue weighted by Gasteiger charge is 1.83. The van der Waals surface area contributed by atoms with E-state index in [1.807, 2.05) is 0 Å². The third-order valence-electron chi connectivity index (χ3n) is 0.744. The molecule has 0 unspecified atom stereocenters. The molecule has 0 rings (SSSR count). The second kappa shape index (κ2) is 5.13. The van der Waals surface area contributed by atoms with Gasteiger partial charge in [0.15, 0.2) is 0 Å². The third kappa shape index (κ3) is 5.99. The van der Waals surface area contributed by atoms with Crippen LogP contribution in [-0.4, -0.2) is 13.1 Å². The molecule has 0 bridgehead atoms. The molecule has 0 aliphatic carbocycles. The minimum Gasteiger partial charge on any atom is -0.312 e. The van der Waals surface area contributed by atoms with Gasteiger partial charge in [0.2, 0.25) is 0 Å². The van der Waals surface area contributed by atoms with Crippen LogP contribution >= 0.6 is 11.6 Å². The molecule has 1 N–H and O–H groups in total. The van der Waals surface area contributed by atoms with E-state index in [0.717, 1.165) is 19.5 Å². The van der Waals surface area contributed by atoms with E-state index in [-0.39, 0.29) is 0 Å². The van der Waals surface area contributed by atoms with Gasteiger partial charge in [0.25, 0.3) is 0 Å². The van der Waals surface area contributed by atoms with Crippen LogP contribution in [0.2, 0.25) is 0 Å². The molecule has 0 fully saturated rings. The molecule has 2 heteroatoms. The first-order valence-corrected chi connectivity index (χ1v) is 3.19. The minimum atomic E-state index is 0.679. The predicted molar refractivity (Wildman–Crippen MR) is 38.2 cm³/mol. The molecule has 0 spiro atoms. The van der Waals surface area contributed by atoms with E-state index < -0.39 is 0 Å². The molecule has 1 nitrogen and oxygen atoms in total. The van der Waals surface area contributed by atoms with Crippen molar-refractivity contribution in [2.24, 2.45) is 0 Å². The molecule has 0 aliphatic heterocycles. The molecule has 0 atom stereocenters. The summed E-state index contributed by atoms with van der Waals surface area (Å²) in [6, 6.07) is 0. The van der Waals surface area contributed by atoms with Crippen LogP contribution in [0.25, 0.3) is 0 Å². The lowest BCUT2D eigenvalue weighted by Crippen LogP contribution is -2.15. The molecule has 48 valence electrons. The largest absolute Gasteiger partial charge is 0.312 e. The summed E-state index contributed by atoms with van der Waals surface area (Å²) < 4.78 is 0. The molecule has 0 heterocycles. The van der Waals surface area contributed by atoms with Crippen LogP contribution in [0.1, 0.15) is 13.3 Å². The highest BCUT2D eigenvalue weighted by molar-refractivity contribution is 6.29. The summed E-state index contributed by atoms with van der Waals surface area (Å²) in [7, 11) is 0. The molecule has 0 aromatic carbocycles. The summed E-state index contributed by atoms with van der Waals surface area (Å²) in [5.74, 6) is 0. The summed E-state index contributed by atoms with van der Waals surface area (Å²) in [6.45, 7) is 7.40. The molecule has 0 aromatic heterocycles. The third-order valence-corrected chi connectivity index (χ3v) is 0.877. The van der Waals surface area contributed by atoms with Gasteiger partial charge in [-0.1, -0.05) is 25.1 Å². The van der Waals surface area contributed by atoms with Crippen LogP contribution < -0.4 is 5.32 Å². The summed E-state index contributed by atoms with van der Waals surface area (Å²) in [6.07, 6.45) is 1.14. The second-order valence-corrected chi connectivity index (χ2v) is 2.23. The van der Waals surface area contributed by atoms with Gasteiger partial charge in [0.1, 0.15) is 0 Å². The van der Waals surface area contributed by atoms with Gasteiger partial charge in [-0.25, -0.2) is 0 Å². The monoisotopic (exact) mass is 133 g/mol. The van der Waals surface area contributed by atoms with Gasteiger partial charge in [0, 0.05) is 11.6 Å². The lowest BCUT2D eigenvalue weighted by atomic mass is 10.5. The van der Waals surface area contributed by atoms with Crippen molar-refractivity contribution in [2.75, 3.05) is 13.1 Å². The zero-order valence-electron chi connectivity index (χ0n) is 5.21. The van der Waals surface area contributed by atoms with E-state index in [1.54, 1.807) is 0 Å². The topological polar surface area (TPSA) is 12.0 Å². The maximum absolute atomic E-state index is 5.46. The highest BCUT2D eigenvalue weighted by atomic mass is 35.5. The molecule has 0 aliphatic rings. The average molecular weight is 134 g/mol. The quantitative estimate of drug-likeness (QED) is 0.576. The zero-order chi connectivity index (χ0) is 6.41. The lowest BCUT2D eigenvalue weighted by molar-refractivity contribution is 0.725. The Morgan fingerprint density at radius 2 is 2.38 bits per heavy atom. The van der Waals surface area contributed by atoms with Gasteiger partial charge in [-0.15, -0.1) is 0 Å². The van der Waals surface area contributed by atoms with Crippen LogP contribution in [-0.2, 0) is 0 Å². The van der Waals surface area contributed by atoms with Crippen LogP contribution in [0.15, 0.2) is 11.6 Å². The van der Waals surface area contributed by atoms with E-state index in [4.69, 9.17) is 11.6 Å². The maximum atomic E-state index is 5.46. The first kappa shape index (κ1) is 7.99. The number of halogens is 1. The Hall–Kier alpha value is -0.0100. The second-order valence-electron chi connectivity index (χ2n) is 1.69. The van der Waals surface area contributed by atoms with Crippen molar-refractivity contribution in [1.29, 1.82) is 0 Å². The van der Waals surface area contributed by atoms with Crippen LogP contribution in [0.5, 0.6) is 0 Å². The fraction of sp³-hybridized carbons (Fsp3) is 0.667. The smallest absolute Gasteiger partial charge is 0.0307 e. The van der Waals surface area contributed by atoms with Gasteiger partial charge in [-0.2, -0.15) is 0 Å². The Morgan fingerprint density at radius 1 is 1.75 bits per heavy atom. The van der Waals surface area contributed by atoms with E-state index in [1.165, 1.54) is 0 Å². The van der Waals surface area contributed by atoms with Crippen molar-refractivity contribution in [3.05, 3.63) is 11.6 Å². The maximum Gasteiger partial charge on any atom is 0.0307 e. The van der Waals surface area contributed by atoms with E-state index in [0.29, 0.717) is 5.03 Å². The number of hydrogen-bond acceptors (Lipinski definition) is 1. The normalized spacial score (nSPS) is 9.25. The number of rotatable bonds is 4. The van der Waals surface area contributed by atoms with Crippen LogP contribution in [0.3, 0.4) is 0 Å². The lowest BCUT2D eigenvalue weighted by Gasteiger charge is -1.97.